The van der Waals surface area contributed by atoms with Crippen molar-refractivity contribution in [2.24, 2.45) is 11.8 Å². The van der Waals surface area contributed by atoms with Crippen molar-refractivity contribution >= 4 is 17.2 Å². The van der Waals surface area contributed by atoms with Gasteiger partial charge in [0, 0.05) is 19.1 Å². The molecule has 1 aromatic carbocycles. The summed E-state index contributed by atoms with van der Waals surface area (Å²) >= 11 is 5.77. The van der Waals surface area contributed by atoms with Crippen LogP contribution in [0.2, 0.25) is 0 Å². The third-order valence-electron chi connectivity index (χ3n) is 5.93. The lowest BCUT2D eigenvalue weighted by Gasteiger charge is -2.36. The van der Waals surface area contributed by atoms with Crippen molar-refractivity contribution in [2.45, 2.75) is 58.7 Å². The van der Waals surface area contributed by atoms with Gasteiger partial charge in [0.15, 0.2) is 0 Å². The zero-order valence-corrected chi connectivity index (χ0v) is 17.1. The van der Waals surface area contributed by atoms with Gasteiger partial charge in [0.1, 0.15) is 5.75 Å². The summed E-state index contributed by atoms with van der Waals surface area (Å²) in [5.74, 6) is 1.74. The van der Waals surface area contributed by atoms with Crippen LogP contribution in [0.1, 0.15) is 44.7 Å². The molecule has 0 aliphatic carbocycles. The largest absolute Gasteiger partial charge is 0.508 e. The minimum absolute atomic E-state index is 0.171. The van der Waals surface area contributed by atoms with Gasteiger partial charge in [0.2, 0.25) is 0 Å². The highest BCUT2D eigenvalue weighted by Crippen LogP contribution is 2.22. The predicted octanol–water partition coefficient (Wildman–Crippen LogP) is 3.08. The molecule has 5 heteroatoms. The Bertz CT molecular complexity index is 626. The van der Waals surface area contributed by atoms with Gasteiger partial charge in [-0.1, -0.05) is 39.1 Å². The lowest BCUT2D eigenvalue weighted by Crippen LogP contribution is -2.54. The maximum Gasteiger partial charge on any atom is 0.115 e. The van der Waals surface area contributed by atoms with E-state index in [0.717, 1.165) is 30.4 Å². The number of phenolic OH excluding ortho intramolecular Hbond substituents is 1. The monoisotopic (exact) mass is 375 g/mol. The molecule has 1 saturated heterocycles. The van der Waals surface area contributed by atoms with Crippen molar-refractivity contribution < 1.29 is 5.11 Å². The summed E-state index contributed by atoms with van der Waals surface area (Å²) in [5.41, 5.74) is 2.45. The quantitative estimate of drug-likeness (QED) is 0.691. The Balaban J connectivity index is 1.57. The van der Waals surface area contributed by atoms with Crippen molar-refractivity contribution in [2.75, 3.05) is 19.6 Å². The first-order valence-corrected chi connectivity index (χ1v) is 10.4. The van der Waals surface area contributed by atoms with E-state index in [1.165, 1.54) is 37.1 Å². The van der Waals surface area contributed by atoms with Crippen molar-refractivity contribution in [3.05, 3.63) is 29.3 Å². The second kappa shape index (κ2) is 8.68. The summed E-state index contributed by atoms with van der Waals surface area (Å²) in [5, 5.41) is 16.8. The summed E-state index contributed by atoms with van der Waals surface area (Å²) in [6, 6.07) is 6.20. The van der Waals surface area contributed by atoms with E-state index in [4.69, 9.17) is 12.2 Å². The van der Waals surface area contributed by atoms with Crippen LogP contribution in [0, 0.1) is 11.8 Å². The summed E-state index contributed by atoms with van der Waals surface area (Å²) in [7, 11) is 0. The molecule has 144 valence electrons. The number of piperidine rings is 1. The highest BCUT2D eigenvalue weighted by molar-refractivity contribution is 7.80. The van der Waals surface area contributed by atoms with Crippen LogP contribution in [-0.4, -0.2) is 46.7 Å². The molecule has 0 bridgehead atoms. The number of aromatic hydroxyl groups is 1. The van der Waals surface area contributed by atoms with E-state index in [1.807, 2.05) is 12.1 Å². The van der Waals surface area contributed by atoms with Crippen molar-refractivity contribution in [1.29, 1.82) is 0 Å². The maximum atomic E-state index is 9.64. The number of nitrogens with zero attached hydrogens (tertiary/aromatic N) is 1. The number of thiocarbonyl (C=S) groups is 1. The first-order chi connectivity index (χ1) is 12.4. The van der Waals surface area contributed by atoms with E-state index in [1.54, 1.807) is 6.07 Å². The standard InChI is InChI=1S/C21H33N3OS/c1-14(2)20(13-24-8-6-15(3)7-9-24)23-21(26)19-11-16-4-5-18(25)10-17(16)12-22-19/h4-5,10,14-15,19-20,22,25H,6-9,11-13H2,1-3H3,(H,23,26)/t19-,20-/m1/s1. The molecule has 0 radical (unpaired) electrons. The minimum atomic E-state index is 0.171. The van der Waals surface area contributed by atoms with E-state index in [0.29, 0.717) is 17.7 Å². The van der Waals surface area contributed by atoms with Gasteiger partial charge in [-0.05, 0) is 67.4 Å². The number of benzene rings is 1. The summed E-state index contributed by atoms with van der Waals surface area (Å²) in [6.07, 6.45) is 3.50. The van der Waals surface area contributed by atoms with Crippen LogP contribution in [0.15, 0.2) is 18.2 Å². The van der Waals surface area contributed by atoms with E-state index < -0.39 is 0 Å². The zero-order valence-electron chi connectivity index (χ0n) is 16.3. The fourth-order valence-electron chi connectivity index (χ4n) is 3.92. The van der Waals surface area contributed by atoms with Crippen LogP contribution in [-0.2, 0) is 13.0 Å². The maximum absolute atomic E-state index is 9.64. The molecule has 1 aromatic rings. The Morgan fingerprint density at radius 2 is 2.04 bits per heavy atom. The lowest BCUT2D eigenvalue weighted by atomic mass is 9.94. The number of phenols is 1. The predicted molar refractivity (Wildman–Crippen MR) is 112 cm³/mol. The molecule has 26 heavy (non-hydrogen) atoms. The third-order valence-corrected chi connectivity index (χ3v) is 6.34. The lowest BCUT2D eigenvalue weighted by molar-refractivity contribution is 0.168. The molecule has 0 aromatic heterocycles. The Labute approximate surface area is 163 Å². The number of likely N-dealkylation sites (tertiary alicyclic amines) is 1. The number of fused-ring (bicyclic) bond motifs is 1. The topological polar surface area (TPSA) is 47.5 Å². The summed E-state index contributed by atoms with van der Waals surface area (Å²) in [6.45, 7) is 11.2. The fourth-order valence-corrected chi connectivity index (χ4v) is 4.23. The van der Waals surface area contributed by atoms with Crippen LogP contribution in [0.4, 0.5) is 0 Å². The fraction of sp³-hybridized carbons (Fsp3) is 0.667. The molecule has 4 nitrogen and oxygen atoms in total. The molecule has 0 amide bonds. The Morgan fingerprint density at radius 3 is 2.73 bits per heavy atom. The molecular weight excluding hydrogens is 342 g/mol. The van der Waals surface area contributed by atoms with Gasteiger partial charge in [0.05, 0.1) is 11.0 Å². The highest BCUT2D eigenvalue weighted by Gasteiger charge is 2.26. The van der Waals surface area contributed by atoms with Gasteiger partial charge < -0.3 is 20.6 Å². The SMILES string of the molecule is CC1CCN(C[C@@H](NC(=S)[C@H]2Cc3ccc(O)cc3CN2)C(C)C)CC1. The minimum Gasteiger partial charge on any atom is -0.508 e. The molecule has 0 saturated carbocycles. The first kappa shape index (κ1) is 19.6. The van der Waals surface area contributed by atoms with Crippen LogP contribution in [0.25, 0.3) is 0 Å². The molecule has 2 aliphatic heterocycles. The molecular formula is C21H33N3OS. The van der Waals surface area contributed by atoms with Crippen LogP contribution in [0.5, 0.6) is 5.75 Å². The van der Waals surface area contributed by atoms with Crippen LogP contribution in [0.3, 0.4) is 0 Å². The first-order valence-electron chi connectivity index (χ1n) is 9.99. The van der Waals surface area contributed by atoms with Gasteiger partial charge in [0.25, 0.3) is 0 Å². The van der Waals surface area contributed by atoms with E-state index >= 15 is 0 Å². The molecule has 3 rings (SSSR count). The smallest absolute Gasteiger partial charge is 0.115 e. The number of hydrogen-bond donors (Lipinski definition) is 3. The Morgan fingerprint density at radius 1 is 1.31 bits per heavy atom. The second-order valence-corrected chi connectivity index (χ2v) is 8.87. The molecule has 0 unspecified atom stereocenters. The normalized spacial score (nSPS) is 22.8. The van der Waals surface area contributed by atoms with Gasteiger partial charge in [-0.3, -0.25) is 0 Å². The average molecular weight is 376 g/mol. The summed E-state index contributed by atoms with van der Waals surface area (Å²) < 4.78 is 0. The van der Waals surface area contributed by atoms with Crippen molar-refractivity contribution in [3.8, 4) is 5.75 Å². The van der Waals surface area contributed by atoms with E-state index in [9.17, 15) is 5.11 Å². The van der Waals surface area contributed by atoms with Gasteiger partial charge in [-0.2, -0.15) is 0 Å². The molecule has 0 spiro atoms. The van der Waals surface area contributed by atoms with Crippen LogP contribution >= 0.6 is 12.2 Å². The van der Waals surface area contributed by atoms with Gasteiger partial charge >= 0.3 is 0 Å². The molecule has 2 atom stereocenters. The van der Waals surface area contributed by atoms with Crippen molar-refractivity contribution in [3.63, 3.8) is 0 Å². The van der Waals surface area contributed by atoms with E-state index in [-0.39, 0.29) is 6.04 Å². The highest BCUT2D eigenvalue weighted by atomic mass is 32.1. The Hall–Kier alpha value is -1.17. The number of rotatable bonds is 5. The molecule has 2 aliphatic rings. The zero-order chi connectivity index (χ0) is 18.7. The number of hydrogen-bond acceptors (Lipinski definition) is 4. The van der Waals surface area contributed by atoms with Gasteiger partial charge in [-0.25, -0.2) is 0 Å². The molecule has 1 fully saturated rings. The molecule has 3 N–H and O–H groups in total. The van der Waals surface area contributed by atoms with E-state index in [2.05, 4.69) is 36.3 Å². The van der Waals surface area contributed by atoms with Crippen molar-refractivity contribution in [1.82, 2.24) is 15.5 Å². The Kier molecular flexibility index (Phi) is 6.54. The van der Waals surface area contributed by atoms with Crippen LogP contribution < -0.4 is 10.6 Å². The molecule has 2 heterocycles. The summed E-state index contributed by atoms with van der Waals surface area (Å²) in [4.78, 5) is 3.51. The van der Waals surface area contributed by atoms with Gasteiger partial charge in [-0.15, -0.1) is 0 Å². The second-order valence-electron chi connectivity index (χ2n) is 8.43. The number of nitrogens with one attached hydrogen (secondary N) is 2. The average Bonchev–Trinajstić information content (AvgIpc) is 2.62. The third kappa shape index (κ3) is 4.96.